The number of hydrogen-bond acceptors (Lipinski definition) is 2. The van der Waals surface area contributed by atoms with Crippen LogP contribution in [0.2, 0.25) is 0 Å². The molecular formula is C19H22O2. The maximum atomic E-state index is 11.2. The fraction of sp³-hybridized carbons (Fsp3) is 0.316. The van der Waals surface area contributed by atoms with E-state index in [0.29, 0.717) is 12.2 Å². The van der Waals surface area contributed by atoms with Crippen molar-refractivity contribution in [2.45, 2.75) is 32.6 Å². The Morgan fingerprint density at radius 2 is 1.81 bits per heavy atom. The summed E-state index contributed by atoms with van der Waals surface area (Å²) in [6.07, 6.45) is 4.16. The van der Waals surface area contributed by atoms with E-state index in [1.54, 1.807) is 6.92 Å². The molecule has 2 aromatic rings. The zero-order valence-electron chi connectivity index (χ0n) is 12.6. The first kappa shape index (κ1) is 15.3. The summed E-state index contributed by atoms with van der Waals surface area (Å²) in [4.78, 5) is 11.2. The minimum absolute atomic E-state index is 0.287. The molecule has 0 saturated heterocycles. The van der Waals surface area contributed by atoms with E-state index in [4.69, 9.17) is 4.74 Å². The molecule has 0 saturated carbocycles. The Bertz CT molecular complexity index is 628. The van der Waals surface area contributed by atoms with E-state index in [-0.39, 0.29) is 5.97 Å². The average Bonchev–Trinajstić information content (AvgIpc) is 2.50. The highest BCUT2D eigenvalue weighted by Gasteiger charge is 2.02. The number of aryl methyl sites for hydroxylation is 1. The normalized spacial score (nSPS) is 10.5. The Morgan fingerprint density at radius 3 is 2.57 bits per heavy atom. The van der Waals surface area contributed by atoms with Gasteiger partial charge in [0, 0.05) is 5.57 Å². The molecule has 0 radical (unpaired) electrons. The number of benzene rings is 2. The molecule has 0 N–H and O–H groups in total. The van der Waals surface area contributed by atoms with Gasteiger partial charge >= 0.3 is 5.97 Å². The highest BCUT2D eigenvalue weighted by molar-refractivity contribution is 5.86. The SMILES string of the molecule is C=C(C)C(=O)OCCCCCc1ccc2ccccc2c1. The second-order valence-corrected chi connectivity index (χ2v) is 5.41. The second-order valence-electron chi connectivity index (χ2n) is 5.41. The Morgan fingerprint density at radius 1 is 1.05 bits per heavy atom. The largest absolute Gasteiger partial charge is 0.462 e. The van der Waals surface area contributed by atoms with Crippen LogP contribution in [0.4, 0.5) is 0 Å². The summed E-state index contributed by atoms with van der Waals surface area (Å²) in [6, 6.07) is 15.1. The lowest BCUT2D eigenvalue weighted by atomic mass is 10.0. The highest BCUT2D eigenvalue weighted by atomic mass is 16.5. The molecule has 0 fully saturated rings. The average molecular weight is 282 g/mol. The van der Waals surface area contributed by atoms with Crippen LogP contribution in [0.1, 0.15) is 31.7 Å². The third-order valence-electron chi connectivity index (χ3n) is 3.51. The molecule has 2 heteroatoms. The van der Waals surface area contributed by atoms with E-state index >= 15 is 0 Å². The van der Waals surface area contributed by atoms with Gasteiger partial charge in [-0.05, 0) is 48.9 Å². The quantitative estimate of drug-likeness (QED) is 0.419. The van der Waals surface area contributed by atoms with Crippen LogP contribution in [0.3, 0.4) is 0 Å². The van der Waals surface area contributed by atoms with Crippen LogP contribution in [0.25, 0.3) is 10.8 Å². The monoisotopic (exact) mass is 282 g/mol. The fourth-order valence-electron chi connectivity index (χ4n) is 2.29. The topological polar surface area (TPSA) is 26.3 Å². The summed E-state index contributed by atoms with van der Waals surface area (Å²) >= 11 is 0. The third-order valence-corrected chi connectivity index (χ3v) is 3.51. The molecule has 0 spiro atoms. The first-order chi connectivity index (χ1) is 10.2. The van der Waals surface area contributed by atoms with Gasteiger partial charge < -0.3 is 4.74 Å². The van der Waals surface area contributed by atoms with Crippen LogP contribution in [0.15, 0.2) is 54.6 Å². The predicted molar refractivity (Wildman–Crippen MR) is 87.3 cm³/mol. The van der Waals surface area contributed by atoms with Crippen LogP contribution in [-0.4, -0.2) is 12.6 Å². The van der Waals surface area contributed by atoms with Crippen molar-refractivity contribution < 1.29 is 9.53 Å². The Kier molecular flexibility index (Phi) is 5.56. The Balaban J connectivity index is 1.70. The maximum Gasteiger partial charge on any atom is 0.333 e. The highest BCUT2D eigenvalue weighted by Crippen LogP contribution is 2.17. The van der Waals surface area contributed by atoms with Crippen LogP contribution in [0, 0.1) is 0 Å². The van der Waals surface area contributed by atoms with Crippen molar-refractivity contribution in [3.05, 3.63) is 60.2 Å². The molecule has 0 amide bonds. The number of rotatable bonds is 7. The predicted octanol–water partition coefficient (Wildman–Crippen LogP) is 4.67. The molecule has 2 nitrogen and oxygen atoms in total. The zero-order valence-corrected chi connectivity index (χ0v) is 12.6. The minimum Gasteiger partial charge on any atom is -0.462 e. The molecule has 2 rings (SSSR count). The molecule has 0 aliphatic carbocycles. The lowest BCUT2D eigenvalue weighted by molar-refractivity contribution is -0.139. The number of ether oxygens (including phenoxy) is 1. The number of esters is 1. The van der Waals surface area contributed by atoms with Crippen LogP contribution in [0.5, 0.6) is 0 Å². The maximum absolute atomic E-state index is 11.2. The first-order valence-electron chi connectivity index (χ1n) is 7.47. The summed E-state index contributed by atoms with van der Waals surface area (Å²) in [7, 11) is 0. The zero-order chi connectivity index (χ0) is 15.1. The van der Waals surface area contributed by atoms with Gasteiger partial charge in [0.2, 0.25) is 0 Å². The number of carbonyl (C=O) groups is 1. The third kappa shape index (κ3) is 4.75. The molecule has 0 aromatic heterocycles. The first-order valence-corrected chi connectivity index (χ1v) is 7.47. The van der Waals surface area contributed by atoms with E-state index in [1.165, 1.54) is 16.3 Å². The molecular weight excluding hydrogens is 260 g/mol. The van der Waals surface area contributed by atoms with Gasteiger partial charge in [0.1, 0.15) is 0 Å². The summed E-state index contributed by atoms with van der Waals surface area (Å²) in [5, 5.41) is 2.58. The van der Waals surface area contributed by atoms with Crippen molar-refractivity contribution in [1.29, 1.82) is 0 Å². The van der Waals surface area contributed by atoms with E-state index in [9.17, 15) is 4.79 Å². The van der Waals surface area contributed by atoms with Crippen LogP contribution >= 0.6 is 0 Å². The van der Waals surface area contributed by atoms with Crippen molar-refractivity contribution in [2.24, 2.45) is 0 Å². The van der Waals surface area contributed by atoms with Gasteiger partial charge in [0.05, 0.1) is 6.61 Å². The van der Waals surface area contributed by atoms with Crippen molar-refractivity contribution in [3.8, 4) is 0 Å². The van der Waals surface area contributed by atoms with Gasteiger partial charge in [-0.3, -0.25) is 0 Å². The van der Waals surface area contributed by atoms with Gasteiger partial charge in [0.25, 0.3) is 0 Å². The number of hydrogen-bond donors (Lipinski definition) is 0. The summed E-state index contributed by atoms with van der Waals surface area (Å²) in [6.45, 7) is 5.72. The summed E-state index contributed by atoms with van der Waals surface area (Å²) < 4.78 is 5.07. The Hall–Kier alpha value is -2.09. The molecule has 21 heavy (non-hydrogen) atoms. The smallest absolute Gasteiger partial charge is 0.333 e. The molecule has 0 heterocycles. The van der Waals surface area contributed by atoms with Crippen molar-refractivity contribution in [3.63, 3.8) is 0 Å². The summed E-state index contributed by atoms with van der Waals surface area (Å²) in [5.41, 5.74) is 1.83. The van der Waals surface area contributed by atoms with Gasteiger partial charge in [-0.1, -0.05) is 49.0 Å². The minimum atomic E-state index is -0.287. The molecule has 0 aliphatic rings. The van der Waals surface area contributed by atoms with E-state index in [1.807, 2.05) is 0 Å². The van der Waals surface area contributed by atoms with Gasteiger partial charge in [0.15, 0.2) is 0 Å². The Labute approximate surface area is 126 Å². The standard InChI is InChI=1S/C19H22O2/c1-15(2)19(20)21-13-7-3-4-8-16-11-12-17-9-5-6-10-18(17)14-16/h5-6,9-12,14H,1,3-4,7-8,13H2,2H3. The molecule has 0 unspecified atom stereocenters. The molecule has 0 atom stereocenters. The number of carbonyl (C=O) groups excluding carboxylic acids is 1. The second kappa shape index (κ2) is 7.63. The van der Waals surface area contributed by atoms with Crippen molar-refractivity contribution in [1.82, 2.24) is 0 Å². The van der Waals surface area contributed by atoms with E-state index in [0.717, 1.165) is 25.7 Å². The molecule has 110 valence electrons. The van der Waals surface area contributed by atoms with Crippen molar-refractivity contribution >= 4 is 16.7 Å². The molecule has 0 aliphatic heterocycles. The van der Waals surface area contributed by atoms with E-state index < -0.39 is 0 Å². The molecule has 2 aromatic carbocycles. The van der Waals surface area contributed by atoms with Crippen LogP contribution in [-0.2, 0) is 16.0 Å². The number of unbranched alkanes of at least 4 members (excludes halogenated alkanes) is 2. The lowest BCUT2D eigenvalue weighted by Crippen LogP contribution is -2.06. The van der Waals surface area contributed by atoms with Gasteiger partial charge in [-0.15, -0.1) is 0 Å². The lowest BCUT2D eigenvalue weighted by Gasteiger charge is -2.05. The van der Waals surface area contributed by atoms with Crippen LogP contribution < -0.4 is 0 Å². The van der Waals surface area contributed by atoms with Gasteiger partial charge in [-0.25, -0.2) is 4.79 Å². The summed E-state index contributed by atoms with van der Waals surface area (Å²) in [5.74, 6) is -0.287. The fourth-order valence-corrected chi connectivity index (χ4v) is 2.29. The number of fused-ring (bicyclic) bond motifs is 1. The van der Waals surface area contributed by atoms with E-state index in [2.05, 4.69) is 49.0 Å². The molecule has 0 bridgehead atoms. The van der Waals surface area contributed by atoms with Gasteiger partial charge in [-0.2, -0.15) is 0 Å². The van der Waals surface area contributed by atoms with Crippen molar-refractivity contribution in [2.75, 3.05) is 6.61 Å².